The van der Waals surface area contributed by atoms with E-state index in [1.54, 1.807) is 18.2 Å². The van der Waals surface area contributed by atoms with Gasteiger partial charge in [0, 0.05) is 12.6 Å². The molecule has 0 bridgehead atoms. The number of nitrogens with one attached hydrogen (secondary N) is 1. The maximum absolute atomic E-state index is 12.4. The number of sulfonamides is 1. The van der Waals surface area contributed by atoms with Gasteiger partial charge in [0.2, 0.25) is 0 Å². The van der Waals surface area contributed by atoms with Crippen molar-refractivity contribution < 1.29 is 22.8 Å². The zero-order valence-electron chi connectivity index (χ0n) is 14.2. The molecule has 25 heavy (non-hydrogen) atoms. The van der Waals surface area contributed by atoms with Gasteiger partial charge in [-0.1, -0.05) is 16.6 Å². The van der Waals surface area contributed by atoms with Gasteiger partial charge in [-0.05, 0) is 43.3 Å². The number of amides is 1. The van der Waals surface area contributed by atoms with E-state index in [2.05, 4.69) is 5.32 Å². The molecule has 134 valence electrons. The van der Waals surface area contributed by atoms with E-state index in [1.165, 1.54) is 38.4 Å². The highest BCUT2D eigenvalue weighted by atomic mass is 32.2. The highest BCUT2D eigenvalue weighted by Gasteiger charge is 2.21. The Hall–Kier alpha value is -2.42. The fourth-order valence-corrected chi connectivity index (χ4v) is 3.04. The van der Waals surface area contributed by atoms with Gasteiger partial charge >= 0.3 is 0 Å². The maximum atomic E-state index is 12.4. The van der Waals surface area contributed by atoms with Crippen molar-refractivity contribution in [2.24, 2.45) is 0 Å². The van der Waals surface area contributed by atoms with E-state index in [-0.39, 0.29) is 10.8 Å². The second-order valence-electron chi connectivity index (χ2n) is 5.00. The lowest BCUT2D eigenvalue weighted by Gasteiger charge is -2.14. The molecule has 0 aliphatic heterocycles. The highest BCUT2D eigenvalue weighted by Crippen LogP contribution is 2.24. The summed E-state index contributed by atoms with van der Waals surface area (Å²) in [4.78, 5) is 17.1. The number of nitrogens with zero attached hydrogens (tertiary/aromatic N) is 1. The molecule has 0 saturated carbocycles. The van der Waals surface area contributed by atoms with E-state index in [9.17, 15) is 13.2 Å². The van der Waals surface area contributed by atoms with Crippen LogP contribution in [0.15, 0.2) is 53.4 Å². The molecule has 1 amide bonds. The number of hydroxylamine groups is 1. The Bertz CT molecular complexity index is 834. The molecule has 2 rings (SSSR count). The number of anilines is 1. The van der Waals surface area contributed by atoms with E-state index in [0.29, 0.717) is 23.6 Å². The molecule has 1 N–H and O–H groups in total. The lowest BCUT2D eigenvalue weighted by molar-refractivity contribution is -0.0258. The summed E-state index contributed by atoms with van der Waals surface area (Å²) >= 11 is 0. The molecule has 0 fully saturated rings. The number of hydrogen-bond donors (Lipinski definition) is 1. The average Bonchev–Trinajstić information content (AvgIpc) is 2.62. The van der Waals surface area contributed by atoms with Crippen molar-refractivity contribution >= 4 is 21.6 Å². The maximum Gasteiger partial charge on any atom is 0.264 e. The molecule has 0 radical (unpaired) electrons. The van der Waals surface area contributed by atoms with Crippen LogP contribution in [0.1, 0.15) is 17.3 Å². The molecule has 0 aromatic heterocycles. The Morgan fingerprint density at radius 3 is 2.36 bits per heavy atom. The quantitative estimate of drug-likeness (QED) is 0.763. The van der Waals surface area contributed by atoms with Crippen molar-refractivity contribution in [3.8, 4) is 5.75 Å². The first-order valence-electron chi connectivity index (χ1n) is 7.56. The largest absolute Gasteiger partial charge is 0.492 e. The van der Waals surface area contributed by atoms with Gasteiger partial charge in [-0.25, -0.2) is 8.42 Å². The van der Waals surface area contributed by atoms with Gasteiger partial charge in [0.25, 0.3) is 15.9 Å². The molecular weight excluding hydrogens is 344 g/mol. The van der Waals surface area contributed by atoms with E-state index >= 15 is 0 Å². The molecule has 0 saturated heterocycles. The second-order valence-corrected chi connectivity index (χ2v) is 6.94. The molecule has 0 unspecified atom stereocenters. The molecule has 0 heterocycles. The molecule has 0 aliphatic carbocycles. The standard InChI is InChI=1S/C17H20N2O5S/c1-4-24-16-8-6-5-7-15(16)18-17(20)13-9-11-14(12-10-13)25(21,22)19(2)23-3/h5-12H,4H2,1-3H3,(H,18,20). The molecule has 0 spiro atoms. The van der Waals surface area contributed by atoms with Gasteiger partial charge in [-0.2, -0.15) is 0 Å². The summed E-state index contributed by atoms with van der Waals surface area (Å²) in [7, 11) is -1.19. The van der Waals surface area contributed by atoms with E-state index in [4.69, 9.17) is 9.57 Å². The molecule has 0 atom stereocenters. The van der Waals surface area contributed by atoms with Crippen molar-refractivity contribution in [1.82, 2.24) is 4.47 Å². The van der Waals surface area contributed by atoms with Gasteiger partial charge in [0.1, 0.15) is 5.75 Å². The second kappa shape index (κ2) is 8.11. The van der Waals surface area contributed by atoms with Crippen LogP contribution in [0.25, 0.3) is 0 Å². The van der Waals surface area contributed by atoms with Crippen LogP contribution in [0.3, 0.4) is 0 Å². The predicted molar refractivity (Wildman–Crippen MR) is 94.0 cm³/mol. The summed E-state index contributed by atoms with van der Waals surface area (Å²) in [6.45, 7) is 2.33. The third-order valence-electron chi connectivity index (χ3n) is 3.45. The first kappa shape index (κ1) is 18.9. The minimum Gasteiger partial charge on any atom is -0.492 e. The van der Waals surface area contributed by atoms with Gasteiger partial charge in [0.05, 0.1) is 24.3 Å². The number of hydrogen-bond acceptors (Lipinski definition) is 5. The number of rotatable bonds is 7. The van der Waals surface area contributed by atoms with Gasteiger partial charge in [-0.15, -0.1) is 0 Å². The molecular formula is C17H20N2O5S. The van der Waals surface area contributed by atoms with Gasteiger partial charge in [-0.3, -0.25) is 9.63 Å². The number of benzene rings is 2. The first-order valence-corrected chi connectivity index (χ1v) is 9.00. The van der Waals surface area contributed by atoms with Crippen molar-refractivity contribution in [2.45, 2.75) is 11.8 Å². The van der Waals surface area contributed by atoms with E-state index < -0.39 is 10.0 Å². The van der Waals surface area contributed by atoms with E-state index in [0.717, 1.165) is 4.47 Å². The summed E-state index contributed by atoms with van der Waals surface area (Å²) in [6, 6.07) is 12.7. The zero-order chi connectivity index (χ0) is 18.4. The van der Waals surface area contributed by atoms with Gasteiger partial charge < -0.3 is 10.1 Å². The smallest absolute Gasteiger partial charge is 0.264 e. The van der Waals surface area contributed by atoms with Crippen LogP contribution in [0.4, 0.5) is 5.69 Å². The summed E-state index contributed by atoms with van der Waals surface area (Å²) in [5.74, 6) is 0.204. The number of para-hydroxylation sites is 2. The third-order valence-corrected chi connectivity index (χ3v) is 5.14. The first-order chi connectivity index (χ1) is 11.9. The summed E-state index contributed by atoms with van der Waals surface area (Å²) in [6.07, 6.45) is 0. The van der Waals surface area contributed by atoms with Crippen molar-refractivity contribution in [2.75, 3.05) is 26.1 Å². The lowest BCUT2D eigenvalue weighted by Crippen LogP contribution is -2.25. The van der Waals surface area contributed by atoms with Crippen LogP contribution >= 0.6 is 0 Å². The highest BCUT2D eigenvalue weighted by molar-refractivity contribution is 7.89. The molecule has 7 nitrogen and oxygen atoms in total. The monoisotopic (exact) mass is 364 g/mol. The fourth-order valence-electron chi connectivity index (χ4n) is 2.07. The normalized spacial score (nSPS) is 11.4. The Balaban J connectivity index is 2.19. The molecule has 2 aromatic carbocycles. The summed E-state index contributed by atoms with van der Waals surface area (Å²) in [5, 5.41) is 2.76. The molecule has 8 heteroatoms. The van der Waals surface area contributed by atoms with Gasteiger partial charge in [0.15, 0.2) is 0 Å². The Kier molecular flexibility index (Phi) is 6.13. The number of ether oxygens (including phenoxy) is 1. The van der Waals surface area contributed by atoms with Crippen LogP contribution in [-0.4, -0.2) is 39.6 Å². The van der Waals surface area contributed by atoms with Crippen LogP contribution in [-0.2, 0) is 14.9 Å². The molecule has 0 aliphatic rings. The Labute approximate surface area is 147 Å². The number of carbonyl (C=O) groups is 1. The minimum absolute atomic E-state index is 0.0307. The van der Waals surface area contributed by atoms with Crippen LogP contribution in [0.2, 0.25) is 0 Å². The fraction of sp³-hybridized carbons (Fsp3) is 0.235. The Morgan fingerprint density at radius 1 is 1.12 bits per heavy atom. The third kappa shape index (κ3) is 4.36. The van der Waals surface area contributed by atoms with Crippen LogP contribution < -0.4 is 10.1 Å². The minimum atomic E-state index is -3.75. The predicted octanol–water partition coefficient (Wildman–Crippen LogP) is 2.52. The summed E-state index contributed by atoms with van der Waals surface area (Å²) in [5.41, 5.74) is 0.871. The van der Waals surface area contributed by atoms with Crippen LogP contribution in [0.5, 0.6) is 5.75 Å². The zero-order valence-corrected chi connectivity index (χ0v) is 15.0. The molecule has 2 aromatic rings. The topological polar surface area (TPSA) is 84.9 Å². The van der Waals surface area contributed by atoms with Crippen molar-refractivity contribution in [1.29, 1.82) is 0 Å². The summed E-state index contributed by atoms with van der Waals surface area (Å²) < 4.78 is 30.5. The SMILES string of the molecule is CCOc1ccccc1NC(=O)c1ccc(S(=O)(=O)N(C)OC)cc1. The number of carbonyl (C=O) groups excluding carboxylic acids is 1. The van der Waals surface area contributed by atoms with Crippen LogP contribution in [0, 0.1) is 0 Å². The average molecular weight is 364 g/mol. The lowest BCUT2D eigenvalue weighted by atomic mass is 10.2. The van der Waals surface area contributed by atoms with Crippen molar-refractivity contribution in [3.05, 3.63) is 54.1 Å². The Morgan fingerprint density at radius 2 is 1.76 bits per heavy atom. The van der Waals surface area contributed by atoms with Crippen molar-refractivity contribution in [3.63, 3.8) is 0 Å². The van der Waals surface area contributed by atoms with E-state index in [1.807, 2.05) is 13.0 Å².